The van der Waals surface area contributed by atoms with E-state index in [-0.39, 0.29) is 13.0 Å². The molecule has 0 bridgehead atoms. The SMILES string of the molecule is O=[N+]([O-])CCC(O)CBr. The fraction of sp³-hybridized carbons (Fsp3) is 1.00. The van der Waals surface area contributed by atoms with Gasteiger partial charge in [0.05, 0.1) is 6.10 Å². The summed E-state index contributed by atoms with van der Waals surface area (Å²) in [6.07, 6.45) is -0.367. The van der Waals surface area contributed by atoms with E-state index in [0.717, 1.165) is 0 Å². The van der Waals surface area contributed by atoms with Gasteiger partial charge in [-0.3, -0.25) is 10.1 Å². The van der Waals surface area contributed by atoms with Crippen LogP contribution in [0.3, 0.4) is 0 Å². The van der Waals surface area contributed by atoms with Crippen LogP contribution in [-0.4, -0.2) is 28.0 Å². The zero-order chi connectivity index (χ0) is 7.28. The number of aliphatic hydroxyl groups excluding tert-OH is 1. The van der Waals surface area contributed by atoms with Crippen LogP contribution in [0.2, 0.25) is 0 Å². The Labute approximate surface area is 61.1 Å². The van der Waals surface area contributed by atoms with E-state index in [9.17, 15) is 10.1 Å². The first-order valence-electron chi connectivity index (χ1n) is 2.52. The molecule has 0 heterocycles. The minimum atomic E-state index is -0.588. The lowest BCUT2D eigenvalue weighted by Crippen LogP contribution is -2.14. The molecule has 0 spiro atoms. The monoisotopic (exact) mass is 197 g/mol. The van der Waals surface area contributed by atoms with Gasteiger partial charge in [-0.1, -0.05) is 15.9 Å². The van der Waals surface area contributed by atoms with Crippen molar-refractivity contribution in [3.05, 3.63) is 10.1 Å². The van der Waals surface area contributed by atoms with Crippen molar-refractivity contribution in [1.82, 2.24) is 0 Å². The topological polar surface area (TPSA) is 63.4 Å². The summed E-state index contributed by atoms with van der Waals surface area (Å²) in [4.78, 5) is 9.26. The summed E-state index contributed by atoms with van der Waals surface area (Å²) < 4.78 is 0. The molecule has 1 unspecified atom stereocenters. The van der Waals surface area contributed by atoms with Gasteiger partial charge in [0.1, 0.15) is 0 Å². The minimum Gasteiger partial charge on any atom is -0.392 e. The predicted octanol–water partition coefficient (Wildman–Crippen LogP) is 0.409. The van der Waals surface area contributed by atoms with Crippen molar-refractivity contribution in [2.45, 2.75) is 12.5 Å². The molecule has 0 amide bonds. The van der Waals surface area contributed by atoms with Crippen LogP contribution in [0.4, 0.5) is 0 Å². The molecule has 4 nitrogen and oxygen atoms in total. The number of nitrogens with zero attached hydrogens (tertiary/aromatic N) is 1. The van der Waals surface area contributed by atoms with Gasteiger partial charge in [0.2, 0.25) is 6.54 Å². The number of hydrogen-bond donors (Lipinski definition) is 1. The van der Waals surface area contributed by atoms with Gasteiger partial charge >= 0.3 is 0 Å². The fourth-order valence-corrected chi connectivity index (χ4v) is 0.655. The van der Waals surface area contributed by atoms with Crippen LogP contribution in [0, 0.1) is 10.1 Å². The quantitative estimate of drug-likeness (QED) is 0.404. The molecule has 0 saturated heterocycles. The van der Waals surface area contributed by atoms with Crippen molar-refractivity contribution in [3.63, 3.8) is 0 Å². The molecule has 0 aliphatic rings. The van der Waals surface area contributed by atoms with E-state index in [1.165, 1.54) is 0 Å². The maximum absolute atomic E-state index is 9.70. The van der Waals surface area contributed by atoms with Crippen molar-refractivity contribution >= 4 is 15.9 Å². The second-order valence-electron chi connectivity index (χ2n) is 1.65. The van der Waals surface area contributed by atoms with Gasteiger partial charge in [-0.15, -0.1) is 0 Å². The summed E-state index contributed by atoms with van der Waals surface area (Å²) in [6, 6.07) is 0. The molecule has 0 rings (SSSR count). The Kier molecular flexibility index (Phi) is 4.61. The third-order valence-corrected chi connectivity index (χ3v) is 1.57. The number of aliphatic hydroxyl groups is 1. The smallest absolute Gasteiger partial charge is 0.206 e. The highest BCUT2D eigenvalue weighted by Crippen LogP contribution is 1.95. The van der Waals surface area contributed by atoms with Gasteiger partial charge < -0.3 is 5.11 Å². The Balaban J connectivity index is 3.16. The molecule has 0 aromatic heterocycles. The summed E-state index contributed by atoms with van der Waals surface area (Å²) >= 11 is 2.99. The van der Waals surface area contributed by atoms with Gasteiger partial charge in [-0.2, -0.15) is 0 Å². The Bertz CT molecular complexity index is 97.8. The van der Waals surface area contributed by atoms with Crippen LogP contribution in [0.25, 0.3) is 0 Å². The number of alkyl halides is 1. The lowest BCUT2D eigenvalue weighted by molar-refractivity contribution is -0.481. The average molecular weight is 198 g/mol. The fourth-order valence-electron chi connectivity index (χ4n) is 0.332. The van der Waals surface area contributed by atoms with Crippen LogP contribution < -0.4 is 0 Å². The molecule has 0 aromatic carbocycles. The van der Waals surface area contributed by atoms with E-state index >= 15 is 0 Å². The Morgan fingerprint density at radius 3 is 2.67 bits per heavy atom. The first-order valence-corrected chi connectivity index (χ1v) is 3.64. The van der Waals surface area contributed by atoms with Crippen molar-refractivity contribution < 1.29 is 10.0 Å². The third kappa shape index (κ3) is 5.72. The molecule has 0 radical (unpaired) electrons. The van der Waals surface area contributed by atoms with Crippen LogP contribution in [0.15, 0.2) is 0 Å². The maximum Gasteiger partial charge on any atom is 0.206 e. The summed E-state index contributed by atoms with van der Waals surface area (Å²) in [7, 11) is 0. The minimum absolute atomic E-state index is 0.160. The van der Waals surface area contributed by atoms with Crippen molar-refractivity contribution in [2.75, 3.05) is 11.9 Å². The number of halogens is 1. The zero-order valence-corrected chi connectivity index (χ0v) is 6.37. The first kappa shape index (κ1) is 8.84. The lowest BCUT2D eigenvalue weighted by atomic mass is 10.3. The van der Waals surface area contributed by atoms with E-state index in [1.807, 2.05) is 0 Å². The number of nitro groups is 1. The van der Waals surface area contributed by atoms with Gasteiger partial charge in [0, 0.05) is 16.7 Å². The van der Waals surface area contributed by atoms with Crippen LogP contribution in [-0.2, 0) is 0 Å². The van der Waals surface area contributed by atoms with Crippen LogP contribution >= 0.6 is 15.9 Å². The molecule has 0 fully saturated rings. The highest BCUT2D eigenvalue weighted by molar-refractivity contribution is 9.09. The van der Waals surface area contributed by atoms with E-state index < -0.39 is 11.0 Å². The second-order valence-corrected chi connectivity index (χ2v) is 2.30. The molecule has 0 aromatic rings. The molecular weight excluding hydrogens is 190 g/mol. The lowest BCUT2D eigenvalue weighted by Gasteiger charge is -2.00. The first-order chi connectivity index (χ1) is 4.16. The third-order valence-electron chi connectivity index (χ3n) is 0.823. The average Bonchev–Trinajstić information content (AvgIpc) is 1.83. The van der Waals surface area contributed by atoms with Gasteiger partial charge in [-0.05, 0) is 0 Å². The molecule has 0 aliphatic heterocycles. The Morgan fingerprint density at radius 2 is 2.33 bits per heavy atom. The molecule has 1 atom stereocenters. The highest BCUT2D eigenvalue weighted by Gasteiger charge is 2.05. The molecule has 9 heavy (non-hydrogen) atoms. The van der Waals surface area contributed by atoms with Crippen molar-refractivity contribution in [3.8, 4) is 0 Å². The summed E-state index contributed by atoms with van der Waals surface area (Å²) in [5.74, 6) is 0. The van der Waals surface area contributed by atoms with Crippen LogP contribution in [0.1, 0.15) is 6.42 Å². The molecule has 54 valence electrons. The van der Waals surface area contributed by atoms with Gasteiger partial charge in [0.25, 0.3) is 0 Å². The van der Waals surface area contributed by atoms with Crippen LogP contribution in [0.5, 0.6) is 0 Å². The zero-order valence-electron chi connectivity index (χ0n) is 4.79. The standard InChI is InChI=1S/C4H8BrNO3/c5-3-4(7)1-2-6(8)9/h4,7H,1-3H2. The molecular formula is C4H8BrNO3. The van der Waals surface area contributed by atoms with E-state index in [2.05, 4.69) is 15.9 Å². The van der Waals surface area contributed by atoms with Gasteiger partial charge in [-0.25, -0.2) is 0 Å². The molecule has 5 heteroatoms. The number of hydrogen-bond acceptors (Lipinski definition) is 3. The number of rotatable bonds is 4. The highest BCUT2D eigenvalue weighted by atomic mass is 79.9. The van der Waals surface area contributed by atoms with E-state index in [4.69, 9.17) is 5.11 Å². The summed E-state index contributed by atoms with van der Waals surface area (Å²) in [5.41, 5.74) is 0. The Morgan fingerprint density at radius 1 is 1.78 bits per heavy atom. The second kappa shape index (κ2) is 4.69. The molecule has 1 N–H and O–H groups in total. The molecule has 0 saturated carbocycles. The predicted molar refractivity (Wildman–Crippen MR) is 36.3 cm³/mol. The summed E-state index contributed by atoms with van der Waals surface area (Å²) in [6.45, 7) is -0.160. The van der Waals surface area contributed by atoms with Crippen molar-refractivity contribution in [2.24, 2.45) is 0 Å². The molecule has 0 aliphatic carbocycles. The van der Waals surface area contributed by atoms with E-state index in [0.29, 0.717) is 5.33 Å². The van der Waals surface area contributed by atoms with Crippen molar-refractivity contribution in [1.29, 1.82) is 0 Å². The summed E-state index contributed by atoms with van der Waals surface area (Å²) in [5, 5.41) is 18.9. The maximum atomic E-state index is 9.70. The van der Waals surface area contributed by atoms with E-state index in [1.54, 1.807) is 0 Å². The van der Waals surface area contributed by atoms with Gasteiger partial charge in [0.15, 0.2) is 0 Å². The normalized spacial score (nSPS) is 13.1. The largest absolute Gasteiger partial charge is 0.392 e. The Hall–Kier alpha value is -0.160.